The van der Waals surface area contributed by atoms with Gasteiger partial charge in [0.05, 0.1) is 0 Å². The third-order valence-electron chi connectivity index (χ3n) is 4.69. The van der Waals surface area contributed by atoms with E-state index < -0.39 is 0 Å². The van der Waals surface area contributed by atoms with Crippen molar-refractivity contribution in [2.24, 2.45) is 0 Å². The number of hydrogen-bond donors (Lipinski definition) is 1. The van der Waals surface area contributed by atoms with E-state index in [1.54, 1.807) is 6.92 Å². The molecule has 2 rings (SSSR count). The fourth-order valence-electron chi connectivity index (χ4n) is 3.33. The van der Waals surface area contributed by atoms with Crippen molar-refractivity contribution in [1.82, 2.24) is 4.90 Å². The normalized spacial score (nSPS) is 15.6. The van der Waals surface area contributed by atoms with E-state index in [2.05, 4.69) is 21.2 Å². The van der Waals surface area contributed by atoms with E-state index >= 15 is 0 Å². The lowest BCUT2D eigenvalue weighted by Gasteiger charge is -2.30. The Balaban J connectivity index is 1.89. The van der Waals surface area contributed by atoms with Crippen LogP contribution in [0.5, 0.6) is 0 Å². The van der Waals surface area contributed by atoms with Crippen molar-refractivity contribution in [3.63, 3.8) is 0 Å². The van der Waals surface area contributed by atoms with Gasteiger partial charge in [0.1, 0.15) is 0 Å². The zero-order valence-corrected chi connectivity index (χ0v) is 16.2. The molecule has 1 aromatic rings. The van der Waals surface area contributed by atoms with Gasteiger partial charge in [0.25, 0.3) is 0 Å². The van der Waals surface area contributed by atoms with Crippen molar-refractivity contribution in [1.29, 1.82) is 0 Å². The molecule has 0 radical (unpaired) electrons. The number of anilines is 1. The van der Waals surface area contributed by atoms with E-state index in [0.29, 0.717) is 19.0 Å². The summed E-state index contributed by atoms with van der Waals surface area (Å²) in [7, 11) is 0. The summed E-state index contributed by atoms with van der Waals surface area (Å²) in [5.74, 6) is 0.0331. The molecule has 2 amide bonds. The van der Waals surface area contributed by atoms with Crippen molar-refractivity contribution in [3.05, 3.63) is 28.2 Å². The highest BCUT2D eigenvalue weighted by Gasteiger charge is 2.22. The number of carbonyl (C=O) groups is 2. The predicted octanol–water partition coefficient (Wildman–Crippen LogP) is 4.66. The Morgan fingerprint density at radius 1 is 1.21 bits per heavy atom. The van der Waals surface area contributed by atoms with Crippen LogP contribution in [0.25, 0.3) is 0 Å². The number of halogens is 1. The number of benzene rings is 1. The van der Waals surface area contributed by atoms with Crippen molar-refractivity contribution in [2.45, 2.75) is 64.8 Å². The Morgan fingerprint density at radius 2 is 1.88 bits per heavy atom. The second-order valence-corrected chi connectivity index (χ2v) is 7.47. The molecule has 1 fully saturated rings. The van der Waals surface area contributed by atoms with Crippen LogP contribution >= 0.6 is 15.9 Å². The number of nitrogens with zero attached hydrogens (tertiary/aromatic N) is 1. The lowest BCUT2D eigenvalue weighted by molar-refractivity contribution is -0.131. The highest BCUT2D eigenvalue weighted by molar-refractivity contribution is 9.10. The molecule has 0 spiro atoms. The first-order valence-electron chi connectivity index (χ1n) is 8.80. The monoisotopic (exact) mass is 394 g/mol. The minimum atomic E-state index is -0.0448. The molecule has 0 aliphatic heterocycles. The first-order chi connectivity index (χ1) is 11.5. The van der Waals surface area contributed by atoms with Crippen LogP contribution < -0.4 is 5.32 Å². The van der Waals surface area contributed by atoms with Gasteiger partial charge in [-0.15, -0.1) is 0 Å². The van der Waals surface area contributed by atoms with Gasteiger partial charge >= 0.3 is 0 Å². The van der Waals surface area contributed by atoms with Gasteiger partial charge in [-0.2, -0.15) is 0 Å². The summed E-state index contributed by atoms with van der Waals surface area (Å²) in [6.45, 7) is 4.10. The third-order valence-corrected chi connectivity index (χ3v) is 5.58. The Kier molecular flexibility index (Phi) is 7.28. The highest BCUT2D eigenvalue weighted by atomic mass is 79.9. The Hall–Kier alpha value is -1.36. The zero-order chi connectivity index (χ0) is 17.5. The largest absolute Gasteiger partial charge is 0.339 e. The fraction of sp³-hybridized carbons (Fsp3) is 0.579. The number of hydrogen-bond acceptors (Lipinski definition) is 2. The second kappa shape index (κ2) is 9.21. The summed E-state index contributed by atoms with van der Waals surface area (Å²) in [6, 6.07) is 6.05. The number of carbonyl (C=O) groups excluding carboxylic acids is 2. The standard InChI is InChI=1S/C19H27BrN2O2/c1-14-13-16(9-10-18(14)20)21-19(24)11-12-22(15(2)23)17-7-5-3-4-6-8-17/h9-10,13,17H,3-8,11-12H2,1-2H3,(H,21,24). The van der Waals surface area contributed by atoms with Gasteiger partial charge in [0.15, 0.2) is 0 Å². The lowest BCUT2D eigenvalue weighted by atomic mass is 10.1. The smallest absolute Gasteiger partial charge is 0.226 e. The molecule has 24 heavy (non-hydrogen) atoms. The highest BCUT2D eigenvalue weighted by Crippen LogP contribution is 2.23. The molecule has 0 unspecified atom stereocenters. The molecule has 0 atom stereocenters. The molecule has 0 saturated heterocycles. The average molecular weight is 395 g/mol. The van der Waals surface area contributed by atoms with Crippen LogP contribution in [0, 0.1) is 6.92 Å². The van der Waals surface area contributed by atoms with E-state index in [-0.39, 0.29) is 11.8 Å². The molecule has 0 heterocycles. The van der Waals surface area contributed by atoms with Crippen molar-refractivity contribution in [2.75, 3.05) is 11.9 Å². The van der Waals surface area contributed by atoms with Crippen molar-refractivity contribution >= 4 is 33.4 Å². The van der Waals surface area contributed by atoms with Crippen molar-refractivity contribution in [3.8, 4) is 0 Å². The molecule has 1 aromatic carbocycles. The predicted molar refractivity (Wildman–Crippen MR) is 101 cm³/mol. The molecule has 1 saturated carbocycles. The van der Waals surface area contributed by atoms with Gasteiger partial charge in [-0.3, -0.25) is 9.59 Å². The van der Waals surface area contributed by atoms with Crippen LogP contribution in [-0.4, -0.2) is 29.3 Å². The lowest BCUT2D eigenvalue weighted by Crippen LogP contribution is -2.40. The Labute approximate surface area is 153 Å². The van der Waals surface area contributed by atoms with Crippen LogP contribution in [0.1, 0.15) is 57.4 Å². The zero-order valence-electron chi connectivity index (χ0n) is 14.6. The summed E-state index contributed by atoms with van der Waals surface area (Å²) in [6.07, 6.45) is 7.33. The minimum absolute atomic E-state index is 0.0448. The molecule has 0 aromatic heterocycles. The molecule has 4 nitrogen and oxygen atoms in total. The van der Waals surface area contributed by atoms with Crippen LogP contribution in [0.15, 0.2) is 22.7 Å². The molecule has 1 aliphatic rings. The van der Waals surface area contributed by atoms with Gasteiger partial charge in [-0.25, -0.2) is 0 Å². The average Bonchev–Trinajstić information content (AvgIpc) is 2.80. The summed E-state index contributed by atoms with van der Waals surface area (Å²) in [5, 5.41) is 2.92. The van der Waals surface area contributed by atoms with Gasteiger partial charge in [0.2, 0.25) is 11.8 Å². The SMILES string of the molecule is CC(=O)N(CCC(=O)Nc1ccc(Br)c(C)c1)C1CCCCCC1. The molecule has 5 heteroatoms. The topological polar surface area (TPSA) is 49.4 Å². The molecule has 0 bridgehead atoms. The maximum absolute atomic E-state index is 12.2. The Morgan fingerprint density at radius 3 is 2.46 bits per heavy atom. The second-order valence-electron chi connectivity index (χ2n) is 6.62. The van der Waals surface area contributed by atoms with E-state index in [0.717, 1.165) is 28.6 Å². The molecule has 132 valence electrons. The van der Waals surface area contributed by atoms with E-state index in [1.165, 1.54) is 25.7 Å². The summed E-state index contributed by atoms with van der Waals surface area (Å²) < 4.78 is 1.02. The van der Waals surface area contributed by atoms with E-state index in [1.807, 2.05) is 30.0 Å². The molecular formula is C19H27BrN2O2. The van der Waals surface area contributed by atoms with Crippen LogP contribution in [-0.2, 0) is 9.59 Å². The van der Waals surface area contributed by atoms with Gasteiger partial charge in [-0.1, -0.05) is 41.6 Å². The summed E-state index contributed by atoms with van der Waals surface area (Å²) in [5.41, 5.74) is 1.88. The van der Waals surface area contributed by atoms with Gasteiger partial charge in [0, 0.05) is 36.1 Å². The number of nitrogens with one attached hydrogen (secondary N) is 1. The van der Waals surface area contributed by atoms with Crippen LogP contribution in [0.4, 0.5) is 5.69 Å². The minimum Gasteiger partial charge on any atom is -0.339 e. The third kappa shape index (κ3) is 5.62. The van der Waals surface area contributed by atoms with Gasteiger partial charge in [-0.05, 0) is 43.5 Å². The van der Waals surface area contributed by atoms with Crippen molar-refractivity contribution < 1.29 is 9.59 Å². The molecular weight excluding hydrogens is 368 g/mol. The summed E-state index contributed by atoms with van der Waals surface area (Å²) >= 11 is 3.45. The summed E-state index contributed by atoms with van der Waals surface area (Å²) in [4.78, 5) is 26.1. The number of amides is 2. The van der Waals surface area contributed by atoms with E-state index in [4.69, 9.17) is 0 Å². The number of rotatable bonds is 5. The van der Waals surface area contributed by atoms with Crippen LogP contribution in [0.3, 0.4) is 0 Å². The fourth-order valence-corrected chi connectivity index (χ4v) is 3.58. The molecule has 1 aliphatic carbocycles. The first kappa shape index (κ1) is 19.0. The van der Waals surface area contributed by atoms with E-state index in [9.17, 15) is 9.59 Å². The quantitative estimate of drug-likeness (QED) is 0.738. The first-order valence-corrected chi connectivity index (χ1v) is 9.60. The van der Waals surface area contributed by atoms with Gasteiger partial charge < -0.3 is 10.2 Å². The Bertz CT molecular complexity index is 581. The molecule has 1 N–H and O–H groups in total. The number of aryl methyl sites for hydroxylation is 1. The maximum atomic E-state index is 12.2. The maximum Gasteiger partial charge on any atom is 0.226 e. The van der Waals surface area contributed by atoms with Crippen LogP contribution in [0.2, 0.25) is 0 Å².